The summed E-state index contributed by atoms with van der Waals surface area (Å²) in [7, 11) is 0. The average Bonchev–Trinajstić information content (AvgIpc) is 3.16. The van der Waals surface area contributed by atoms with Crippen LogP contribution < -0.4 is 11.1 Å². The van der Waals surface area contributed by atoms with Gasteiger partial charge in [0.25, 0.3) is 0 Å². The highest BCUT2D eigenvalue weighted by Crippen LogP contribution is 2.32. The van der Waals surface area contributed by atoms with Crippen molar-refractivity contribution in [2.75, 3.05) is 26.2 Å². The number of likely N-dealkylation sites (tertiary alicyclic amines) is 1. The standard InChI is InChI=1S/C15H31N3/c1-13(2)18-10-3-7-15(12-16,8-11-18)17-9-6-14-4-5-14/h13-14,17H,3-12,16H2,1-2H3. The summed E-state index contributed by atoms with van der Waals surface area (Å²) in [4.78, 5) is 2.60. The molecule has 0 bridgehead atoms. The number of nitrogens with zero attached hydrogens (tertiary/aromatic N) is 1. The van der Waals surface area contributed by atoms with E-state index >= 15 is 0 Å². The lowest BCUT2D eigenvalue weighted by molar-refractivity contribution is 0.218. The van der Waals surface area contributed by atoms with Crippen LogP contribution in [-0.2, 0) is 0 Å². The van der Waals surface area contributed by atoms with Gasteiger partial charge in [0.2, 0.25) is 0 Å². The van der Waals surface area contributed by atoms with Gasteiger partial charge in [-0.15, -0.1) is 0 Å². The highest BCUT2D eigenvalue weighted by atomic mass is 15.2. The van der Waals surface area contributed by atoms with Crippen molar-refractivity contribution in [3.8, 4) is 0 Å². The Labute approximate surface area is 112 Å². The highest BCUT2D eigenvalue weighted by molar-refractivity contribution is 4.93. The zero-order chi connectivity index (χ0) is 13.0. The van der Waals surface area contributed by atoms with Gasteiger partial charge < -0.3 is 16.0 Å². The van der Waals surface area contributed by atoms with E-state index in [4.69, 9.17) is 5.73 Å². The zero-order valence-corrected chi connectivity index (χ0v) is 12.3. The molecule has 0 amide bonds. The molecule has 0 radical (unpaired) electrons. The van der Waals surface area contributed by atoms with Gasteiger partial charge in [-0.1, -0.05) is 12.8 Å². The smallest absolute Gasteiger partial charge is 0.0316 e. The summed E-state index contributed by atoms with van der Waals surface area (Å²) in [6.07, 6.45) is 8.02. The third-order valence-corrected chi connectivity index (χ3v) is 4.85. The molecule has 0 aromatic rings. The Morgan fingerprint density at radius 2 is 2.06 bits per heavy atom. The van der Waals surface area contributed by atoms with E-state index in [0.717, 1.165) is 12.5 Å². The Bertz CT molecular complexity index is 250. The van der Waals surface area contributed by atoms with E-state index in [2.05, 4.69) is 24.1 Å². The van der Waals surface area contributed by atoms with Crippen LogP contribution in [0.5, 0.6) is 0 Å². The minimum absolute atomic E-state index is 0.221. The zero-order valence-electron chi connectivity index (χ0n) is 12.3. The van der Waals surface area contributed by atoms with Gasteiger partial charge in [-0.2, -0.15) is 0 Å². The molecule has 1 atom stereocenters. The monoisotopic (exact) mass is 253 g/mol. The molecule has 1 unspecified atom stereocenters. The molecule has 3 N–H and O–H groups in total. The van der Waals surface area contributed by atoms with Crippen molar-refractivity contribution in [1.82, 2.24) is 10.2 Å². The molecular formula is C15H31N3. The molecule has 0 aromatic heterocycles. The van der Waals surface area contributed by atoms with Gasteiger partial charge in [0.15, 0.2) is 0 Å². The molecule has 3 heteroatoms. The molecule has 3 nitrogen and oxygen atoms in total. The molecule has 2 aliphatic rings. The van der Waals surface area contributed by atoms with Crippen molar-refractivity contribution < 1.29 is 0 Å². The molecule has 1 saturated carbocycles. The van der Waals surface area contributed by atoms with Crippen LogP contribution in [0, 0.1) is 5.92 Å². The SMILES string of the molecule is CC(C)N1CCCC(CN)(NCCC2CC2)CC1. The van der Waals surface area contributed by atoms with Gasteiger partial charge in [-0.25, -0.2) is 0 Å². The molecule has 1 aliphatic heterocycles. The van der Waals surface area contributed by atoms with Crippen LogP contribution in [0.1, 0.15) is 52.4 Å². The molecule has 1 saturated heterocycles. The molecule has 0 spiro atoms. The van der Waals surface area contributed by atoms with E-state index in [0.29, 0.717) is 6.04 Å². The summed E-state index contributed by atoms with van der Waals surface area (Å²) in [5, 5.41) is 3.80. The van der Waals surface area contributed by atoms with Crippen LogP contribution in [0.15, 0.2) is 0 Å². The van der Waals surface area contributed by atoms with Crippen LogP contribution in [0.3, 0.4) is 0 Å². The number of hydrogen-bond donors (Lipinski definition) is 2. The molecule has 1 aliphatic carbocycles. The van der Waals surface area contributed by atoms with Gasteiger partial charge in [-0.05, 0) is 58.5 Å². The van der Waals surface area contributed by atoms with Crippen molar-refractivity contribution in [2.45, 2.75) is 64.0 Å². The maximum absolute atomic E-state index is 6.08. The molecule has 1 heterocycles. The van der Waals surface area contributed by atoms with Crippen LogP contribution in [0.25, 0.3) is 0 Å². The summed E-state index contributed by atoms with van der Waals surface area (Å²) in [6, 6.07) is 0.671. The topological polar surface area (TPSA) is 41.3 Å². The fourth-order valence-electron chi connectivity index (χ4n) is 3.13. The van der Waals surface area contributed by atoms with Gasteiger partial charge in [0, 0.05) is 24.7 Å². The Kier molecular flexibility index (Phi) is 5.05. The van der Waals surface area contributed by atoms with Crippen LogP contribution in [-0.4, -0.2) is 42.7 Å². The Hall–Kier alpha value is -0.120. The lowest BCUT2D eigenvalue weighted by atomic mass is 9.90. The Balaban J connectivity index is 1.81. The fourth-order valence-corrected chi connectivity index (χ4v) is 3.13. The summed E-state index contributed by atoms with van der Waals surface area (Å²) >= 11 is 0. The van der Waals surface area contributed by atoms with E-state index in [1.54, 1.807) is 0 Å². The first-order valence-electron chi connectivity index (χ1n) is 7.84. The van der Waals surface area contributed by atoms with E-state index in [-0.39, 0.29) is 5.54 Å². The number of hydrogen-bond acceptors (Lipinski definition) is 3. The van der Waals surface area contributed by atoms with Crippen molar-refractivity contribution in [1.29, 1.82) is 0 Å². The normalized spacial score (nSPS) is 30.7. The second kappa shape index (κ2) is 6.36. The molecule has 106 valence electrons. The maximum atomic E-state index is 6.08. The van der Waals surface area contributed by atoms with Crippen LogP contribution >= 0.6 is 0 Å². The summed E-state index contributed by atoms with van der Waals surface area (Å²) in [5.41, 5.74) is 6.30. The number of rotatable bonds is 6. The number of nitrogens with one attached hydrogen (secondary N) is 1. The van der Waals surface area contributed by atoms with Crippen molar-refractivity contribution in [3.63, 3.8) is 0 Å². The van der Waals surface area contributed by atoms with Gasteiger partial charge >= 0.3 is 0 Å². The van der Waals surface area contributed by atoms with Crippen molar-refractivity contribution in [2.24, 2.45) is 11.7 Å². The predicted octanol–water partition coefficient (Wildman–Crippen LogP) is 1.97. The molecule has 0 aromatic carbocycles. The minimum Gasteiger partial charge on any atom is -0.329 e. The van der Waals surface area contributed by atoms with Crippen LogP contribution in [0.4, 0.5) is 0 Å². The summed E-state index contributed by atoms with van der Waals surface area (Å²) in [5.74, 6) is 1.02. The third kappa shape index (κ3) is 3.94. The first-order chi connectivity index (χ1) is 8.65. The second-order valence-corrected chi connectivity index (χ2v) is 6.63. The second-order valence-electron chi connectivity index (χ2n) is 6.63. The minimum atomic E-state index is 0.221. The first kappa shape index (κ1) is 14.3. The largest absolute Gasteiger partial charge is 0.329 e. The van der Waals surface area contributed by atoms with Gasteiger partial charge in [0.1, 0.15) is 0 Å². The van der Waals surface area contributed by atoms with Gasteiger partial charge in [-0.3, -0.25) is 0 Å². The van der Waals surface area contributed by atoms with Gasteiger partial charge in [0.05, 0.1) is 0 Å². The Morgan fingerprint density at radius 3 is 2.67 bits per heavy atom. The first-order valence-corrected chi connectivity index (χ1v) is 7.84. The predicted molar refractivity (Wildman–Crippen MR) is 77.7 cm³/mol. The van der Waals surface area contributed by atoms with Crippen molar-refractivity contribution >= 4 is 0 Å². The fraction of sp³-hybridized carbons (Fsp3) is 1.00. The Morgan fingerprint density at radius 1 is 1.28 bits per heavy atom. The highest BCUT2D eigenvalue weighted by Gasteiger charge is 2.32. The summed E-state index contributed by atoms with van der Waals surface area (Å²) < 4.78 is 0. The average molecular weight is 253 g/mol. The van der Waals surface area contributed by atoms with Crippen LogP contribution in [0.2, 0.25) is 0 Å². The van der Waals surface area contributed by atoms with Crippen molar-refractivity contribution in [3.05, 3.63) is 0 Å². The quantitative estimate of drug-likeness (QED) is 0.760. The summed E-state index contributed by atoms with van der Waals surface area (Å²) in [6.45, 7) is 9.01. The molecule has 18 heavy (non-hydrogen) atoms. The maximum Gasteiger partial charge on any atom is 0.0316 e. The number of nitrogens with two attached hydrogens (primary N) is 1. The van der Waals surface area contributed by atoms with E-state index in [1.807, 2.05) is 0 Å². The molecule has 2 fully saturated rings. The third-order valence-electron chi connectivity index (χ3n) is 4.85. The van der Waals surface area contributed by atoms with E-state index < -0.39 is 0 Å². The van der Waals surface area contributed by atoms with E-state index in [9.17, 15) is 0 Å². The molecule has 2 rings (SSSR count). The molecular weight excluding hydrogens is 222 g/mol. The van der Waals surface area contributed by atoms with E-state index in [1.165, 1.54) is 58.2 Å². The lowest BCUT2D eigenvalue weighted by Crippen LogP contribution is -2.52. The lowest BCUT2D eigenvalue weighted by Gasteiger charge is -2.33.